The van der Waals surface area contributed by atoms with Crippen molar-refractivity contribution in [2.75, 3.05) is 13.1 Å². The molecule has 1 fully saturated rings. The van der Waals surface area contributed by atoms with E-state index in [0.717, 1.165) is 19.0 Å². The van der Waals surface area contributed by atoms with E-state index in [9.17, 15) is 0 Å². The fourth-order valence-corrected chi connectivity index (χ4v) is 3.68. The average molecular weight is 254 g/mol. The van der Waals surface area contributed by atoms with Crippen LogP contribution in [-0.4, -0.2) is 23.5 Å². The molecule has 2 aliphatic rings. The van der Waals surface area contributed by atoms with Crippen LogP contribution in [0.3, 0.4) is 0 Å². The summed E-state index contributed by atoms with van der Waals surface area (Å²) in [5, 5.41) is 5.38. The number of hydrogen-bond donors (Lipinski definition) is 1. The van der Waals surface area contributed by atoms with Crippen LogP contribution in [0, 0.1) is 11.3 Å². The molecule has 1 heterocycles. The number of thioether (sulfide) groups is 1. The van der Waals surface area contributed by atoms with Gasteiger partial charge in [0.2, 0.25) is 0 Å². The standard InChI is InChI=1S/C14H26N2S/c1-14(2,3)9-12-10-16-13(17-12)15-8-4-5-11-6-7-11/h11-12H,4-10H2,1-3H3,(H,15,16). The summed E-state index contributed by atoms with van der Waals surface area (Å²) in [5.41, 5.74) is 0.425. The third-order valence-electron chi connectivity index (χ3n) is 3.32. The minimum absolute atomic E-state index is 0.425. The summed E-state index contributed by atoms with van der Waals surface area (Å²) in [4.78, 5) is 4.60. The van der Waals surface area contributed by atoms with Crippen molar-refractivity contribution in [2.45, 2.75) is 58.1 Å². The van der Waals surface area contributed by atoms with Crippen LogP contribution in [0.15, 0.2) is 4.99 Å². The second-order valence-electron chi connectivity index (χ2n) is 6.66. The highest BCUT2D eigenvalue weighted by atomic mass is 32.2. The van der Waals surface area contributed by atoms with Crippen molar-refractivity contribution in [1.82, 2.24) is 5.32 Å². The minimum atomic E-state index is 0.425. The zero-order chi connectivity index (χ0) is 12.3. The molecular weight excluding hydrogens is 228 g/mol. The van der Waals surface area contributed by atoms with Gasteiger partial charge in [0.1, 0.15) is 0 Å². The monoisotopic (exact) mass is 254 g/mol. The Labute approximate surface area is 110 Å². The molecule has 0 aromatic rings. The number of aliphatic imine (C=N–C) groups is 1. The molecule has 1 saturated carbocycles. The van der Waals surface area contributed by atoms with Gasteiger partial charge in [0.15, 0.2) is 5.17 Å². The number of rotatable bonds is 5. The lowest BCUT2D eigenvalue weighted by Crippen LogP contribution is -2.21. The molecule has 98 valence electrons. The summed E-state index contributed by atoms with van der Waals surface area (Å²) in [5.74, 6) is 1.06. The molecule has 1 N–H and O–H groups in total. The van der Waals surface area contributed by atoms with Crippen LogP contribution < -0.4 is 5.32 Å². The molecule has 0 radical (unpaired) electrons. The minimum Gasteiger partial charge on any atom is -0.365 e. The highest BCUT2D eigenvalue weighted by Crippen LogP contribution is 2.33. The highest BCUT2D eigenvalue weighted by molar-refractivity contribution is 8.14. The van der Waals surface area contributed by atoms with Gasteiger partial charge in [0.25, 0.3) is 0 Å². The SMILES string of the molecule is CC(C)(C)CC1CN=C(NCCCC2CC2)S1. The van der Waals surface area contributed by atoms with Crippen LogP contribution in [0.2, 0.25) is 0 Å². The Morgan fingerprint density at radius 1 is 1.35 bits per heavy atom. The molecule has 1 atom stereocenters. The van der Waals surface area contributed by atoms with E-state index in [4.69, 9.17) is 0 Å². The highest BCUT2D eigenvalue weighted by Gasteiger charge is 2.25. The molecule has 0 aromatic carbocycles. The van der Waals surface area contributed by atoms with Gasteiger partial charge in [-0.25, -0.2) is 0 Å². The maximum atomic E-state index is 4.60. The van der Waals surface area contributed by atoms with Crippen LogP contribution in [0.4, 0.5) is 0 Å². The first kappa shape index (κ1) is 13.3. The predicted molar refractivity (Wildman–Crippen MR) is 77.7 cm³/mol. The van der Waals surface area contributed by atoms with Crippen LogP contribution in [0.1, 0.15) is 52.9 Å². The molecular formula is C14H26N2S. The van der Waals surface area contributed by atoms with Gasteiger partial charge < -0.3 is 5.32 Å². The summed E-state index contributed by atoms with van der Waals surface area (Å²) in [6.07, 6.45) is 6.94. The summed E-state index contributed by atoms with van der Waals surface area (Å²) >= 11 is 1.95. The van der Waals surface area contributed by atoms with Gasteiger partial charge >= 0.3 is 0 Å². The summed E-state index contributed by atoms with van der Waals surface area (Å²) in [6.45, 7) is 9.06. The lowest BCUT2D eigenvalue weighted by Gasteiger charge is -2.21. The van der Waals surface area contributed by atoms with Gasteiger partial charge in [-0.15, -0.1) is 0 Å². The topological polar surface area (TPSA) is 24.4 Å². The van der Waals surface area contributed by atoms with E-state index in [1.807, 2.05) is 11.8 Å². The zero-order valence-electron chi connectivity index (χ0n) is 11.5. The number of nitrogens with zero attached hydrogens (tertiary/aromatic N) is 1. The Bertz CT molecular complexity index is 276. The maximum Gasteiger partial charge on any atom is 0.156 e. The van der Waals surface area contributed by atoms with E-state index >= 15 is 0 Å². The number of hydrogen-bond acceptors (Lipinski definition) is 3. The summed E-state index contributed by atoms with van der Waals surface area (Å²) in [7, 11) is 0. The van der Waals surface area contributed by atoms with E-state index in [-0.39, 0.29) is 0 Å². The Balaban J connectivity index is 1.56. The van der Waals surface area contributed by atoms with Gasteiger partial charge in [0.05, 0.1) is 6.54 Å². The number of amidine groups is 1. The molecule has 0 saturated heterocycles. The van der Waals surface area contributed by atoms with E-state index < -0.39 is 0 Å². The molecule has 0 spiro atoms. The lowest BCUT2D eigenvalue weighted by atomic mass is 9.90. The molecule has 2 rings (SSSR count). The molecule has 0 bridgehead atoms. The third kappa shape index (κ3) is 5.33. The Kier molecular flexibility index (Phi) is 4.40. The first-order valence-electron chi connectivity index (χ1n) is 6.98. The smallest absolute Gasteiger partial charge is 0.156 e. The Hall–Kier alpha value is -0.180. The second kappa shape index (κ2) is 5.64. The molecule has 17 heavy (non-hydrogen) atoms. The first-order valence-corrected chi connectivity index (χ1v) is 7.86. The quantitative estimate of drug-likeness (QED) is 0.757. The van der Waals surface area contributed by atoms with Crippen molar-refractivity contribution < 1.29 is 0 Å². The fourth-order valence-electron chi connectivity index (χ4n) is 2.30. The second-order valence-corrected chi connectivity index (χ2v) is 7.95. The fraction of sp³-hybridized carbons (Fsp3) is 0.929. The predicted octanol–water partition coefficient (Wildman–Crippen LogP) is 3.67. The third-order valence-corrected chi connectivity index (χ3v) is 4.46. The molecule has 3 heteroatoms. The van der Waals surface area contributed by atoms with E-state index in [1.165, 1.54) is 37.3 Å². The van der Waals surface area contributed by atoms with Gasteiger partial charge in [-0.1, -0.05) is 45.4 Å². The molecule has 0 aromatic heterocycles. The van der Waals surface area contributed by atoms with E-state index in [2.05, 4.69) is 31.1 Å². The normalized spacial score (nSPS) is 24.9. The molecule has 0 amide bonds. The van der Waals surface area contributed by atoms with Gasteiger partial charge in [-0.05, 0) is 30.6 Å². The van der Waals surface area contributed by atoms with Crippen molar-refractivity contribution in [3.8, 4) is 0 Å². The largest absolute Gasteiger partial charge is 0.365 e. The van der Waals surface area contributed by atoms with Crippen molar-refractivity contribution in [3.63, 3.8) is 0 Å². The molecule has 2 nitrogen and oxygen atoms in total. The number of nitrogens with one attached hydrogen (secondary N) is 1. The summed E-state index contributed by atoms with van der Waals surface area (Å²) in [6, 6.07) is 0. The van der Waals surface area contributed by atoms with Gasteiger partial charge in [-0.3, -0.25) is 4.99 Å². The zero-order valence-corrected chi connectivity index (χ0v) is 12.3. The van der Waals surface area contributed by atoms with Crippen molar-refractivity contribution in [3.05, 3.63) is 0 Å². The van der Waals surface area contributed by atoms with Crippen molar-refractivity contribution in [2.24, 2.45) is 16.3 Å². The van der Waals surface area contributed by atoms with Crippen molar-refractivity contribution >= 4 is 16.9 Å². The molecule has 1 aliphatic heterocycles. The maximum absolute atomic E-state index is 4.60. The van der Waals surface area contributed by atoms with Crippen LogP contribution >= 0.6 is 11.8 Å². The molecule has 1 unspecified atom stereocenters. The van der Waals surface area contributed by atoms with Crippen LogP contribution in [-0.2, 0) is 0 Å². The molecule has 1 aliphatic carbocycles. The van der Waals surface area contributed by atoms with E-state index in [0.29, 0.717) is 10.7 Å². The van der Waals surface area contributed by atoms with Gasteiger partial charge in [-0.2, -0.15) is 0 Å². The van der Waals surface area contributed by atoms with E-state index in [1.54, 1.807) is 0 Å². The van der Waals surface area contributed by atoms with Crippen molar-refractivity contribution in [1.29, 1.82) is 0 Å². The summed E-state index contributed by atoms with van der Waals surface area (Å²) < 4.78 is 0. The first-order chi connectivity index (χ1) is 8.03. The van der Waals surface area contributed by atoms with Crippen LogP contribution in [0.5, 0.6) is 0 Å². The Morgan fingerprint density at radius 2 is 2.12 bits per heavy atom. The van der Waals surface area contributed by atoms with Gasteiger partial charge in [0, 0.05) is 11.8 Å². The Morgan fingerprint density at radius 3 is 2.76 bits per heavy atom. The average Bonchev–Trinajstić information content (AvgIpc) is 2.93. The van der Waals surface area contributed by atoms with Crippen LogP contribution in [0.25, 0.3) is 0 Å². The lowest BCUT2D eigenvalue weighted by molar-refractivity contribution is 0.375.